The van der Waals surface area contributed by atoms with Crippen molar-refractivity contribution in [1.82, 2.24) is 9.62 Å². The monoisotopic (exact) mass is 298 g/mol. The van der Waals surface area contributed by atoms with Gasteiger partial charge >= 0.3 is 0 Å². The summed E-state index contributed by atoms with van der Waals surface area (Å²) in [5.41, 5.74) is 0. The molecule has 2 saturated heterocycles. The largest absolute Gasteiger partial charge is 0.377 e. The predicted molar refractivity (Wildman–Crippen MR) is 73.7 cm³/mol. The van der Waals surface area contributed by atoms with Crippen LogP contribution in [0, 0.1) is 0 Å². The van der Waals surface area contributed by atoms with Crippen LogP contribution in [0.2, 0.25) is 0 Å². The van der Waals surface area contributed by atoms with Crippen molar-refractivity contribution in [2.75, 3.05) is 32.5 Å². The maximum Gasteiger partial charge on any atom is 0.216 e. The summed E-state index contributed by atoms with van der Waals surface area (Å²) < 4.78 is 31.5. The highest BCUT2D eigenvalue weighted by atomic mass is 35.5. The number of nitrogens with zero attached hydrogens (tertiary/aromatic N) is 1. The summed E-state index contributed by atoms with van der Waals surface area (Å²) in [6.07, 6.45) is 3.77. The number of nitrogens with one attached hydrogen (secondary N) is 1. The molecule has 0 aromatic carbocycles. The maximum atomic E-state index is 12.2. The van der Waals surface area contributed by atoms with Gasteiger partial charge in [0.15, 0.2) is 0 Å². The minimum atomic E-state index is -3.14. The smallest absolute Gasteiger partial charge is 0.216 e. The van der Waals surface area contributed by atoms with Crippen molar-refractivity contribution in [3.8, 4) is 0 Å². The van der Waals surface area contributed by atoms with Crippen molar-refractivity contribution < 1.29 is 13.2 Å². The third kappa shape index (κ3) is 4.06. The lowest BCUT2D eigenvalue weighted by Gasteiger charge is -2.32. The molecule has 0 amide bonds. The van der Waals surface area contributed by atoms with E-state index in [0.29, 0.717) is 25.7 Å². The average Bonchev–Trinajstić information content (AvgIpc) is 2.81. The van der Waals surface area contributed by atoms with Gasteiger partial charge in [-0.1, -0.05) is 0 Å². The SMILES string of the molecule is CNC1CCCN(S(=O)(=O)CC2CCCO2)C1.Cl. The van der Waals surface area contributed by atoms with Crippen LogP contribution in [0.15, 0.2) is 0 Å². The molecule has 0 bridgehead atoms. The van der Waals surface area contributed by atoms with Gasteiger partial charge in [-0.05, 0) is 32.7 Å². The highest BCUT2D eigenvalue weighted by molar-refractivity contribution is 7.89. The van der Waals surface area contributed by atoms with E-state index < -0.39 is 10.0 Å². The first-order valence-electron chi connectivity index (χ1n) is 6.38. The van der Waals surface area contributed by atoms with Crippen molar-refractivity contribution in [1.29, 1.82) is 0 Å². The van der Waals surface area contributed by atoms with E-state index in [1.165, 1.54) is 0 Å². The molecule has 2 heterocycles. The van der Waals surface area contributed by atoms with Crippen molar-refractivity contribution in [3.05, 3.63) is 0 Å². The Labute approximate surface area is 116 Å². The van der Waals surface area contributed by atoms with Gasteiger partial charge in [0, 0.05) is 25.7 Å². The Kier molecular flexibility index (Phi) is 6.34. The van der Waals surface area contributed by atoms with E-state index in [2.05, 4.69) is 5.32 Å². The molecule has 2 unspecified atom stereocenters. The molecule has 0 aromatic heterocycles. The third-order valence-corrected chi connectivity index (χ3v) is 5.52. The normalized spacial score (nSPS) is 30.1. The number of piperidine rings is 1. The van der Waals surface area contributed by atoms with Gasteiger partial charge in [0.1, 0.15) is 0 Å². The highest BCUT2D eigenvalue weighted by Crippen LogP contribution is 2.19. The molecule has 0 spiro atoms. The van der Waals surface area contributed by atoms with Crippen LogP contribution in [0.1, 0.15) is 25.7 Å². The topological polar surface area (TPSA) is 58.6 Å². The zero-order chi connectivity index (χ0) is 12.3. The number of hydrogen-bond donors (Lipinski definition) is 1. The van der Waals surface area contributed by atoms with Crippen molar-refractivity contribution in [2.45, 2.75) is 37.8 Å². The Bertz CT molecular complexity index is 344. The third-order valence-electron chi connectivity index (χ3n) is 3.61. The molecule has 2 atom stereocenters. The van der Waals surface area contributed by atoms with Gasteiger partial charge in [-0.3, -0.25) is 0 Å². The van der Waals surface area contributed by atoms with Crippen LogP contribution in [0.3, 0.4) is 0 Å². The number of ether oxygens (including phenoxy) is 1. The number of halogens is 1. The van der Waals surface area contributed by atoms with Gasteiger partial charge in [-0.2, -0.15) is 0 Å². The zero-order valence-corrected chi connectivity index (χ0v) is 12.4. The minimum Gasteiger partial charge on any atom is -0.377 e. The molecule has 5 nitrogen and oxygen atoms in total. The lowest BCUT2D eigenvalue weighted by Crippen LogP contribution is -2.48. The second kappa shape index (κ2) is 7.05. The Morgan fingerprint density at radius 2 is 2.11 bits per heavy atom. The summed E-state index contributed by atoms with van der Waals surface area (Å²) in [4.78, 5) is 0. The van der Waals surface area contributed by atoms with Gasteiger partial charge < -0.3 is 10.1 Å². The second-order valence-corrected chi connectivity index (χ2v) is 6.91. The molecular weight excluding hydrogens is 276 g/mol. The fraction of sp³-hybridized carbons (Fsp3) is 1.00. The fourth-order valence-corrected chi connectivity index (χ4v) is 4.30. The lowest BCUT2D eigenvalue weighted by atomic mass is 10.1. The second-order valence-electron chi connectivity index (χ2n) is 4.90. The first-order valence-corrected chi connectivity index (χ1v) is 7.99. The molecule has 0 radical (unpaired) electrons. The molecule has 2 aliphatic rings. The molecule has 108 valence electrons. The van der Waals surface area contributed by atoms with Crippen LogP contribution in [0.4, 0.5) is 0 Å². The van der Waals surface area contributed by atoms with E-state index in [0.717, 1.165) is 25.7 Å². The van der Waals surface area contributed by atoms with Gasteiger partial charge in [0.2, 0.25) is 10.0 Å². The molecule has 0 aromatic rings. The van der Waals surface area contributed by atoms with Crippen molar-refractivity contribution >= 4 is 22.4 Å². The van der Waals surface area contributed by atoms with Gasteiger partial charge in [0.05, 0.1) is 11.9 Å². The summed E-state index contributed by atoms with van der Waals surface area (Å²) in [7, 11) is -1.25. The molecule has 2 aliphatic heterocycles. The summed E-state index contributed by atoms with van der Waals surface area (Å²) in [6, 6.07) is 0.294. The minimum absolute atomic E-state index is 0. The Balaban J connectivity index is 0.00000162. The van der Waals surface area contributed by atoms with Crippen LogP contribution in [0.25, 0.3) is 0 Å². The highest BCUT2D eigenvalue weighted by Gasteiger charge is 2.31. The van der Waals surface area contributed by atoms with Crippen LogP contribution in [-0.4, -0.2) is 57.4 Å². The Morgan fingerprint density at radius 1 is 1.33 bits per heavy atom. The van der Waals surface area contributed by atoms with E-state index in [-0.39, 0.29) is 24.3 Å². The Morgan fingerprint density at radius 3 is 2.72 bits per heavy atom. The van der Waals surface area contributed by atoms with E-state index in [1.807, 2.05) is 7.05 Å². The average molecular weight is 299 g/mol. The first kappa shape index (κ1) is 16.2. The van der Waals surface area contributed by atoms with E-state index in [4.69, 9.17) is 4.74 Å². The van der Waals surface area contributed by atoms with Crippen molar-refractivity contribution in [3.63, 3.8) is 0 Å². The van der Waals surface area contributed by atoms with E-state index in [9.17, 15) is 8.42 Å². The Hall–Kier alpha value is 0.120. The molecular formula is C11H23ClN2O3S. The summed E-state index contributed by atoms with van der Waals surface area (Å²) in [5, 5.41) is 3.16. The summed E-state index contributed by atoms with van der Waals surface area (Å²) in [6.45, 7) is 1.97. The summed E-state index contributed by atoms with van der Waals surface area (Å²) >= 11 is 0. The fourth-order valence-electron chi connectivity index (χ4n) is 2.55. The van der Waals surface area contributed by atoms with Crippen LogP contribution in [0.5, 0.6) is 0 Å². The number of likely N-dealkylation sites (N-methyl/N-ethyl adjacent to an activating group) is 1. The first-order chi connectivity index (χ1) is 8.12. The zero-order valence-electron chi connectivity index (χ0n) is 10.8. The van der Waals surface area contributed by atoms with Gasteiger partial charge in [-0.25, -0.2) is 12.7 Å². The van der Waals surface area contributed by atoms with Crippen LogP contribution >= 0.6 is 12.4 Å². The summed E-state index contributed by atoms with van der Waals surface area (Å²) in [5.74, 6) is 0.156. The number of sulfonamides is 1. The van der Waals surface area contributed by atoms with Crippen LogP contribution < -0.4 is 5.32 Å². The lowest BCUT2D eigenvalue weighted by molar-refractivity contribution is 0.126. The molecule has 0 aliphatic carbocycles. The number of rotatable bonds is 4. The van der Waals surface area contributed by atoms with Crippen LogP contribution in [-0.2, 0) is 14.8 Å². The molecule has 0 saturated carbocycles. The quantitative estimate of drug-likeness (QED) is 0.826. The molecule has 2 fully saturated rings. The van der Waals surface area contributed by atoms with Gasteiger partial charge in [0.25, 0.3) is 0 Å². The van der Waals surface area contributed by atoms with E-state index in [1.54, 1.807) is 4.31 Å². The molecule has 18 heavy (non-hydrogen) atoms. The molecule has 1 N–H and O–H groups in total. The standard InChI is InChI=1S/C11H22N2O3S.ClH/c1-12-10-4-2-6-13(8-10)17(14,15)9-11-5-3-7-16-11;/h10-12H,2-9H2,1H3;1H. The van der Waals surface area contributed by atoms with Gasteiger partial charge in [-0.15, -0.1) is 12.4 Å². The maximum absolute atomic E-state index is 12.2. The van der Waals surface area contributed by atoms with Crippen molar-refractivity contribution in [2.24, 2.45) is 0 Å². The molecule has 7 heteroatoms. The predicted octanol–water partition coefficient (Wildman–Crippen LogP) is 0.601. The number of hydrogen-bond acceptors (Lipinski definition) is 4. The van der Waals surface area contributed by atoms with E-state index >= 15 is 0 Å². The molecule has 2 rings (SSSR count).